The Morgan fingerprint density at radius 2 is 1.83 bits per heavy atom. The molecule has 0 aromatic carbocycles. The van der Waals surface area contributed by atoms with Crippen LogP contribution in [0.2, 0.25) is 0 Å². The van der Waals surface area contributed by atoms with Gasteiger partial charge in [-0.1, -0.05) is 25.1 Å². The number of nitrogens with zero attached hydrogens (tertiary/aromatic N) is 1. The first-order valence-corrected chi connectivity index (χ1v) is 7.65. The summed E-state index contributed by atoms with van der Waals surface area (Å²) in [4.78, 5) is 15.5. The van der Waals surface area contributed by atoms with Gasteiger partial charge in [0.1, 0.15) is 0 Å². The third-order valence-electron chi connectivity index (χ3n) is 4.74. The number of thiocarbonyl (C=S) groups is 1. The van der Waals surface area contributed by atoms with Gasteiger partial charge in [-0.25, -0.2) is 0 Å². The molecule has 4 heteroatoms. The van der Waals surface area contributed by atoms with Crippen LogP contribution in [-0.2, 0) is 4.79 Å². The Morgan fingerprint density at radius 3 is 2.28 bits per heavy atom. The lowest BCUT2D eigenvalue weighted by atomic mass is 9.84. The van der Waals surface area contributed by atoms with Gasteiger partial charge in [0.2, 0.25) is 5.91 Å². The zero-order valence-corrected chi connectivity index (χ0v) is 11.7. The second kappa shape index (κ2) is 4.48. The third-order valence-corrected chi connectivity index (χ3v) is 5.13. The summed E-state index contributed by atoms with van der Waals surface area (Å²) in [5, 5.41) is 0. The van der Waals surface area contributed by atoms with E-state index in [1.807, 2.05) is 0 Å². The molecular weight excluding hydrogens is 244 g/mol. The minimum absolute atomic E-state index is 0.252. The smallest absolute Gasteiger partial charge is 0.235 e. The predicted molar refractivity (Wildman–Crippen MR) is 75.1 cm³/mol. The van der Waals surface area contributed by atoms with E-state index < -0.39 is 5.41 Å². The molecule has 1 amide bonds. The van der Waals surface area contributed by atoms with Crippen LogP contribution in [0.4, 0.5) is 0 Å². The van der Waals surface area contributed by atoms with Gasteiger partial charge in [-0.3, -0.25) is 4.79 Å². The average Bonchev–Trinajstić information content (AvgIpc) is 3.25. The van der Waals surface area contributed by atoms with E-state index >= 15 is 0 Å². The van der Waals surface area contributed by atoms with E-state index in [1.54, 1.807) is 0 Å². The fourth-order valence-corrected chi connectivity index (χ4v) is 3.47. The maximum Gasteiger partial charge on any atom is 0.235 e. The highest BCUT2D eigenvalue weighted by Gasteiger charge is 2.49. The van der Waals surface area contributed by atoms with Crippen molar-refractivity contribution in [1.82, 2.24) is 4.90 Å². The van der Waals surface area contributed by atoms with Crippen molar-refractivity contribution in [1.29, 1.82) is 0 Å². The van der Waals surface area contributed by atoms with Crippen molar-refractivity contribution in [3.05, 3.63) is 0 Å². The lowest BCUT2D eigenvalue weighted by Crippen LogP contribution is -2.50. The summed E-state index contributed by atoms with van der Waals surface area (Å²) in [6.45, 7) is 0.952. The van der Waals surface area contributed by atoms with Crippen LogP contribution < -0.4 is 5.73 Å². The van der Waals surface area contributed by atoms with Gasteiger partial charge in [-0.05, 0) is 44.4 Å². The van der Waals surface area contributed by atoms with Gasteiger partial charge < -0.3 is 10.6 Å². The number of carbonyl (C=O) groups is 1. The average molecular weight is 266 g/mol. The Hall–Kier alpha value is -0.640. The van der Waals surface area contributed by atoms with E-state index in [0.717, 1.165) is 38.1 Å². The fraction of sp³-hybridized carbons (Fsp3) is 0.857. The number of nitrogens with two attached hydrogens (primary N) is 1. The molecule has 0 atom stereocenters. The van der Waals surface area contributed by atoms with Crippen molar-refractivity contribution < 1.29 is 4.79 Å². The molecular formula is C14H22N2OS. The normalized spacial score (nSPS) is 26.0. The van der Waals surface area contributed by atoms with Crippen LogP contribution in [-0.4, -0.2) is 28.4 Å². The van der Waals surface area contributed by atoms with Gasteiger partial charge in [0, 0.05) is 12.6 Å². The summed E-state index contributed by atoms with van der Waals surface area (Å²) in [7, 11) is 0. The molecule has 2 N–H and O–H groups in total. The largest absolute Gasteiger partial charge is 0.392 e. The van der Waals surface area contributed by atoms with E-state index in [2.05, 4.69) is 4.90 Å². The molecule has 0 heterocycles. The highest BCUT2D eigenvalue weighted by Crippen LogP contribution is 2.44. The molecule has 0 unspecified atom stereocenters. The Kier molecular flexibility index (Phi) is 3.08. The van der Waals surface area contributed by atoms with Crippen molar-refractivity contribution in [3.8, 4) is 0 Å². The monoisotopic (exact) mass is 266 g/mol. The zero-order valence-electron chi connectivity index (χ0n) is 10.9. The summed E-state index contributed by atoms with van der Waals surface area (Å²) in [5.41, 5.74) is 5.43. The molecule has 0 bridgehead atoms. The molecule has 0 saturated heterocycles. The summed E-state index contributed by atoms with van der Waals surface area (Å²) in [6, 6.07) is 0.491. The molecule has 18 heavy (non-hydrogen) atoms. The molecule has 3 fully saturated rings. The standard InChI is InChI=1S/C14H22N2OS/c15-12(18)14(7-1-2-8-14)13(17)16(11-5-6-11)9-10-3-4-10/h10-11H,1-9H2,(H2,15,18). The first kappa shape index (κ1) is 12.4. The van der Waals surface area contributed by atoms with Crippen molar-refractivity contribution in [2.75, 3.05) is 6.54 Å². The highest BCUT2D eigenvalue weighted by molar-refractivity contribution is 7.80. The first-order valence-electron chi connectivity index (χ1n) is 7.24. The van der Waals surface area contributed by atoms with Crippen LogP contribution in [0.5, 0.6) is 0 Å². The molecule has 0 radical (unpaired) electrons. The Morgan fingerprint density at radius 1 is 1.22 bits per heavy atom. The second-order valence-corrected chi connectivity index (χ2v) is 6.73. The number of hydrogen-bond acceptors (Lipinski definition) is 2. The van der Waals surface area contributed by atoms with Crippen molar-refractivity contribution >= 4 is 23.1 Å². The van der Waals surface area contributed by atoms with Gasteiger partial charge in [0.25, 0.3) is 0 Å². The zero-order chi connectivity index (χ0) is 12.8. The van der Waals surface area contributed by atoms with Gasteiger partial charge in [0.15, 0.2) is 0 Å². The maximum atomic E-state index is 12.9. The second-order valence-electron chi connectivity index (χ2n) is 6.29. The van der Waals surface area contributed by atoms with Crippen molar-refractivity contribution in [2.45, 2.75) is 57.4 Å². The topological polar surface area (TPSA) is 46.3 Å². The molecule has 3 saturated carbocycles. The van der Waals surface area contributed by atoms with Crippen LogP contribution in [0.1, 0.15) is 51.4 Å². The van der Waals surface area contributed by atoms with Gasteiger partial charge in [-0.15, -0.1) is 0 Å². The molecule has 3 nitrogen and oxygen atoms in total. The van der Waals surface area contributed by atoms with Crippen LogP contribution in [0.3, 0.4) is 0 Å². The van der Waals surface area contributed by atoms with E-state index in [0.29, 0.717) is 11.0 Å². The Bertz CT molecular complexity index is 368. The van der Waals surface area contributed by atoms with Gasteiger partial charge >= 0.3 is 0 Å². The van der Waals surface area contributed by atoms with Crippen LogP contribution in [0.25, 0.3) is 0 Å². The third kappa shape index (κ3) is 2.15. The summed E-state index contributed by atoms with van der Waals surface area (Å²) in [5.74, 6) is 1.00. The highest BCUT2D eigenvalue weighted by atomic mass is 32.1. The van der Waals surface area contributed by atoms with Crippen LogP contribution in [0.15, 0.2) is 0 Å². The maximum absolute atomic E-state index is 12.9. The van der Waals surface area contributed by atoms with Crippen LogP contribution in [0, 0.1) is 11.3 Å². The molecule has 3 rings (SSSR count). The van der Waals surface area contributed by atoms with E-state index in [1.165, 1.54) is 25.7 Å². The van der Waals surface area contributed by atoms with Gasteiger partial charge in [0.05, 0.1) is 10.4 Å². The molecule has 0 aromatic heterocycles. The lowest BCUT2D eigenvalue weighted by Gasteiger charge is -2.34. The minimum Gasteiger partial charge on any atom is -0.392 e. The summed E-state index contributed by atoms with van der Waals surface area (Å²) in [6.07, 6.45) is 8.84. The first-order chi connectivity index (χ1) is 8.63. The van der Waals surface area contributed by atoms with Crippen molar-refractivity contribution in [2.24, 2.45) is 17.1 Å². The number of amides is 1. The van der Waals surface area contributed by atoms with Crippen LogP contribution >= 0.6 is 12.2 Å². The Labute approximate surface area is 114 Å². The minimum atomic E-state index is -0.493. The predicted octanol–water partition coefficient (Wildman–Crippen LogP) is 2.23. The summed E-state index contributed by atoms with van der Waals surface area (Å²) < 4.78 is 0. The van der Waals surface area contributed by atoms with Gasteiger partial charge in [-0.2, -0.15) is 0 Å². The van der Waals surface area contributed by atoms with Crippen molar-refractivity contribution in [3.63, 3.8) is 0 Å². The fourth-order valence-electron chi connectivity index (χ4n) is 3.18. The lowest BCUT2D eigenvalue weighted by molar-refractivity contribution is -0.139. The Balaban J connectivity index is 1.78. The molecule has 3 aliphatic carbocycles. The van der Waals surface area contributed by atoms with E-state index in [4.69, 9.17) is 18.0 Å². The van der Waals surface area contributed by atoms with E-state index in [9.17, 15) is 4.79 Å². The number of carbonyl (C=O) groups excluding carboxylic acids is 1. The molecule has 100 valence electrons. The molecule has 0 spiro atoms. The molecule has 3 aliphatic rings. The number of rotatable bonds is 5. The molecule has 0 aliphatic heterocycles. The quantitative estimate of drug-likeness (QED) is 0.776. The number of hydrogen-bond donors (Lipinski definition) is 1. The van der Waals surface area contributed by atoms with E-state index in [-0.39, 0.29) is 5.91 Å². The SMILES string of the molecule is NC(=S)C1(C(=O)N(CC2CC2)C2CC2)CCCC1. The summed E-state index contributed by atoms with van der Waals surface area (Å²) >= 11 is 5.23. The molecule has 0 aromatic rings.